The molecule has 0 rings (SSSR count). The maximum atomic E-state index is 10.8. The molecule has 3 N–H and O–H groups in total. The molecule has 0 fully saturated rings. The SMILES string of the molecule is C=C(C)C(=O)OCCC[CH2][Ge]([OH])([OH])[OH]. The van der Waals surface area contributed by atoms with Crippen molar-refractivity contribution in [1.29, 1.82) is 0 Å². The van der Waals surface area contributed by atoms with Crippen LogP contribution in [0.3, 0.4) is 0 Å². The Morgan fingerprint density at radius 2 is 1.93 bits per heavy atom. The predicted octanol–water partition coefficient (Wildman–Crippen LogP) is -0.198. The molecule has 0 aromatic heterocycles. The van der Waals surface area contributed by atoms with Crippen molar-refractivity contribution in [3.05, 3.63) is 12.2 Å². The molecule has 0 saturated heterocycles. The third-order valence-electron chi connectivity index (χ3n) is 1.49. The molecule has 0 aliphatic heterocycles. The molecule has 0 spiro atoms. The summed E-state index contributed by atoms with van der Waals surface area (Å²) in [5.41, 5.74) is 0.337. The van der Waals surface area contributed by atoms with Gasteiger partial charge in [0.25, 0.3) is 0 Å². The monoisotopic (exact) mass is 266 g/mol. The molecule has 0 aromatic carbocycles. The minimum absolute atomic E-state index is 0.0185. The van der Waals surface area contributed by atoms with E-state index in [1.54, 1.807) is 6.92 Å². The quantitative estimate of drug-likeness (QED) is 0.268. The minimum atomic E-state index is -4.36. The van der Waals surface area contributed by atoms with Crippen molar-refractivity contribution in [2.24, 2.45) is 0 Å². The predicted molar refractivity (Wildman–Crippen MR) is 52.2 cm³/mol. The van der Waals surface area contributed by atoms with Gasteiger partial charge in [-0.25, -0.2) is 0 Å². The molecule has 0 aliphatic rings. The topological polar surface area (TPSA) is 87.0 Å². The van der Waals surface area contributed by atoms with Crippen LogP contribution in [0.1, 0.15) is 19.8 Å². The molecule has 5 nitrogen and oxygen atoms in total. The third-order valence-corrected chi connectivity index (χ3v) is 3.64. The molecule has 6 heteroatoms. The van der Waals surface area contributed by atoms with E-state index in [1.165, 1.54) is 0 Å². The average molecular weight is 265 g/mol. The van der Waals surface area contributed by atoms with Crippen LogP contribution in [-0.2, 0) is 9.53 Å². The first kappa shape index (κ1) is 13.6. The summed E-state index contributed by atoms with van der Waals surface area (Å²) in [4.78, 5) is 10.8. The molecule has 0 bridgehead atoms. The zero-order chi connectivity index (χ0) is 11.2. The van der Waals surface area contributed by atoms with Gasteiger partial charge in [0, 0.05) is 0 Å². The maximum absolute atomic E-state index is 10.8. The van der Waals surface area contributed by atoms with Crippen molar-refractivity contribution in [1.82, 2.24) is 0 Å². The number of unbranched alkanes of at least 4 members (excludes halogenated alkanes) is 1. The summed E-state index contributed by atoms with van der Waals surface area (Å²) in [6.45, 7) is 5.17. The van der Waals surface area contributed by atoms with Gasteiger partial charge in [0.05, 0.1) is 0 Å². The van der Waals surface area contributed by atoms with Gasteiger partial charge in [-0.05, 0) is 0 Å². The van der Waals surface area contributed by atoms with Gasteiger partial charge in [0.15, 0.2) is 0 Å². The van der Waals surface area contributed by atoms with Crippen LogP contribution in [0.2, 0.25) is 5.25 Å². The number of ether oxygens (including phenoxy) is 1. The van der Waals surface area contributed by atoms with Crippen LogP contribution in [0.25, 0.3) is 0 Å². The van der Waals surface area contributed by atoms with Gasteiger partial charge in [0.1, 0.15) is 0 Å². The molecule has 0 aliphatic carbocycles. The van der Waals surface area contributed by atoms with E-state index in [-0.39, 0.29) is 11.9 Å². The van der Waals surface area contributed by atoms with Crippen molar-refractivity contribution < 1.29 is 21.9 Å². The summed E-state index contributed by atoms with van der Waals surface area (Å²) >= 11 is -4.36. The normalized spacial score (nSPS) is 11.1. The molecule has 0 atom stereocenters. The Hall–Kier alpha value is -0.367. The van der Waals surface area contributed by atoms with Gasteiger partial charge in [0.2, 0.25) is 0 Å². The van der Waals surface area contributed by atoms with Crippen LogP contribution in [0, 0.1) is 0 Å². The molecular weight excluding hydrogens is 249 g/mol. The Balaban J connectivity index is 3.39. The average Bonchev–Trinajstić information content (AvgIpc) is 2.01. The summed E-state index contributed by atoms with van der Waals surface area (Å²) < 4.78 is 30.8. The summed E-state index contributed by atoms with van der Waals surface area (Å²) in [6.07, 6.45) is 0.945. The number of carbonyl (C=O) groups excluding carboxylic acids is 1. The van der Waals surface area contributed by atoms with Gasteiger partial charge >= 0.3 is 86.0 Å². The first-order valence-electron chi connectivity index (χ1n) is 4.32. The Kier molecular flexibility index (Phi) is 6.02. The van der Waals surface area contributed by atoms with Crippen LogP contribution >= 0.6 is 0 Å². The fourth-order valence-corrected chi connectivity index (χ4v) is 2.27. The number of rotatable bonds is 6. The first-order valence-corrected chi connectivity index (χ1v) is 8.62. The zero-order valence-electron chi connectivity index (χ0n) is 8.19. The van der Waals surface area contributed by atoms with Crippen molar-refractivity contribution in [3.8, 4) is 0 Å². The van der Waals surface area contributed by atoms with E-state index in [2.05, 4.69) is 6.58 Å². The standard InChI is InChI=1S/C8H16GeO5/c1-7(2)8(10)14-6-4-3-5-9(11,12)13/h11-13H,1,3-6H2,2H3. The number of carbonyl (C=O) groups is 1. The summed E-state index contributed by atoms with van der Waals surface area (Å²) in [5, 5.41) is 0.0185. The molecule has 0 amide bonds. The zero-order valence-corrected chi connectivity index (χ0v) is 10.3. The molecular formula is C8H16GeO5. The van der Waals surface area contributed by atoms with Gasteiger partial charge in [-0.3, -0.25) is 0 Å². The molecule has 0 radical (unpaired) electrons. The fraction of sp³-hybridized carbons (Fsp3) is 0.625. The van der Waals surface area contributed by atoms with Gasteiger partial charge in [-0.15, -0.1) is 0 Å². The van der Waals surface area contributed by atoms with Crippen molar-refractivity contribution in [3.63, 3.8) is 0 Å². The number of esters is 1. The van der Waals surface area contributed by atoms with Crippen molar-refractivity contribution in [2.45, 2.75) is 25.0 Å². The molecule has 82 valence electrons. The van der Waals surface area contributed by atoms with E-state index in [1.807, 2.05) is 0 Å². The van der Waals surface area contributed by atoms with Crippen molar-refractivity contribution >= 4 is 20.2 Å². The Morgan fingerprint density at radius 1 is 1.36 bits per heavy atom. The van der Waals surface area contributed by atoms with Crippen molar-refractivity contribution in [2.75, 3.05) is 6.61 Å². The summed E-state index contributed by atoms with van der Waals surface area (Å²) in [7, 11) is 0. The van der Waals surface area contributed by atoms with Crippen LogP contribution in [-0.4, -0.2) is 39.3 Å². The summed E-state index contributed by atoms with van der Waals surface area (Å²) in [5.74, 6) is -0.449. The van der Waals surface area contributed by atoms with Crippen LogP contribution < -0.4 is 0 Å². The van der Waals surface area contributed by atoms with Gasteiger partial charge in [-0.2, -0.15) is 0 Å². The Bertz CT molecular complexity index is 208. The van der Waals surface area contributed by atoms with E-state index in [4.69, 9.17) is 17.1 Å². The van der Waals surface area contributed by atoms with E-state index in [0.717, 1.165) is 0 Å². The molecule has 0 heterocycles. The second kappa shape index (κ2) is 6.18. The molecule has 14 heavy (non-hydrogen) atoms. The van der Waals surface area contributed by atoms with Crippen LogP contribution in [0.15, 0.2) is 12.2 Å². The molecule has 0 saturated carbocycles. The Labute approximate surface area is 86.4 Å². The van der Waals surface area contributed by atoms with E-state index < -0.39 is 20.2 Å². The van der Waals surface area contributed by atoms with Gasteiger partial charge < -0.3 is 0 Å². The molecule has 0 unspecified atom stereocenters. The van der Waals surface area contributed by atoms with Crippen LogP contribution in [0.4, 0.5) is 0 Å². The summed E-state index contributed by atoms with van der Waals surface area (Å²) in [6, 6.07) is 0. The van der Waals surface area contributed by atoms with E-state index >= 15 is 0 Å². The number of hydrogen-bond donors (Lipinski definition) is 3. The van der Waals surface area contributed by atoms with Crippen LogP contribution in [0.5, 0.6) is 0 Å². The molecule has 0 aromatic rings. The fourth-order valence-electron chi connectivity index (χ4n) is 0.752. The third kappa shape index (κ3) is 8.24. The first-order chi connectivity index (χ1) is 6.33. The second-order valence-corrected chi connectivity index (χ2v) is 7.45. The van der Waals surface area contributed by atoms with E-state index in [9.17, 15) is 4.79 Å². The Morgan fingerprint density at radius 3 is 2.36 bits per heavy atom. The van der Waals surface area contributed by atoms with E-state index in [0.29, 0.717) is 18.4 Å². The second-order valence-electron chi connectivity index (χ2n) is 3.15. The van der Waals surface area contributed by atoms with Gasteiger partial charge in [-0.1, -0.05) is 0 Å². The number of hydrogen-bond acceptors (Lipinski definition) is 5.